The molecule has 0 spiro atoms. The minimum atomic E-state index is -4.75. The van der Waals surface area contributed by atoms with Crippen LogP contribution < -0.4 is 15.8 Å². The number of hydrogen-bond donors (Lipinski definition) is 3. The number of nitrogens with two attached hydrogens (primary N) is 1. The number of aliphatic imine (C=N–C) groups is 1. The molecule has 0 amide bonds. The molecule has 0 aliphatic heterocycles. The van der Waals surface area contributed by atoms with Crippen molar-refractivity contribution in [1.82, 2.24) is 0 Å². The first-order valence-electron chi connectivity index (χ1n) is 6.99. The van der Waals surface area contributed by atoms with E-state index in [-0.39, 0.29) is 42.2 Å². The molecule has 5 nitrogen and oxygen atoms in total. The Kier molecular flexibility index (Phi) is 7.97. The number of ether oxygens (including phenoxy) is 1. The Balaban J connectivity index is 0.00000312. The molecule has 0 fully saturated rings. The van der Waals surface area contributed by atoms with Crippen LogP contribution in [0.25, 0.3) is 0 Å². The summed E-state index contributed by atoms with van der Waals surface area (Å²) < 4.78 is 40.0. The van der Waals surface area contributed by atoms with E-state index >= 15 is 0 Å². The van der Waals surface area contributed by atoms with Gasteiger partial charge in [0.05, 0.1) is 12.6 Å². The molecule has 0 heterocycles. The van der Waals surface area contributed by atoms with Crippen LogP contribution in [0.2, 0.25) is 0 Å². The fourth-order valence-corrected chi connectivity index (χ4v) is 1.89. The second kappa shape index (κ2) is 9.47. The van der Waals surface area contributed by atoms with Crippen molar-refractivity contribution in [2.75, 3.05) is 11.9 Å². The lowest BCUT2D eigenvalue weighted by atomic mass is 10.1. The number of benzene rings is 2. The van der Waals surface area contributed by atoms with Gasteiger partial charge in [0.25, 0.3) is 0 Å². The minimum absolute atomic E-state index is 0. The lowest BCUT2D eigenvalue weighted by Crippen LogP contribution is -2.23. The highest BCUT2D eigenvalue weighted by Crippen LogP contribution is 2.24. The third-order valence-electron chi connectivity index (χ3n) is 2.98. The predicted molar refractivity (Wildman–Crippen MR) is 100 cm³/mol. The van der Waals surface area contributed by atoms with Gasteiger partial charge in [-0.15, -0.1) is 37.1 Å². The highest BCUT2D eigenvalue weighted by Gasteiger charge is 2.31. The maximum Gasteiger partial charge on any atom is 0.573 e. The zero-order valence-electron chi connectivity index (χ0n) is 12.9. The molecule has 2 aromatic carbocycles. The number of anilines is 1. The zero-order chi connectivity index (χ0) is 17.6. The van der Waals surface area contributed by atoms with Crippen molar-refractivity contribution in [3.63, 3.8) is 0 Å². The number of halogens is 4. The van der Waals surface area contributed by atoms with Gasteiger partial charge in [-0.1, -0.05) is 30.3 Å². The molecule has 0 saturated heterocycles. The maximum absolute atomic E-state index is 12.1. The van der Waals surface area contributed by atoms with Crippen molar-refractivity contribution in [3.8, 4) is 5.75 Å². The number of para-hydroxylation sites is 1. The molecule has 136 valence electrons. The smallest absolute Gasteiger partial charge is 0.406 e. The van der Waals surface area contributed by atoms with Gasteiger partial charge in [0.15, 0.2) is 5.96 Å². The molecule has 2 rings (SSSR count). The molecular weight excluding hydrogens is 450 g/mol. The minimum Gasteiger partial charge on any atom is -0.406 e. The van der Waals surface area contributed by atoms with Crippen molar-refractivity contribution in [3.05, 3.63) is 60.2 Å². The average molecular weight is 467 g/mol. The number of aliphatic hydroxyl groups is 1. The van der Waals surface area contributed by atoms with Crippen molar-refractivity contribution >= 4 is 35.6 Å². The first kappa shape index (κ1) is 21.0. The highest BCUT2D eigenvalue weighted by molar-refractivity contribution is 14.0. The van der Waals surface area contributed by atoms with E-state index in [0.717, 1.165) is 17.8 Å². The summed E-state index contributed by atoms with van der Waals surface area (Å²) in [5, 5.41) is 12.9. The molecule has 2 aromatic rings. The number of rotatable bonds is 5. The standard InChI is InChI=1S/C16H16F3N3O2.HI/c17-16(18,19)24-13-8-6-11(7-9-13)14(23)10-21-15(20)22-12-4-2-1-3-5-12;/h1-9,14,23H,10H2,(H3,20,21,22);1H. The Morgan fingerprint density at radius 1 is 1.12 bits per heavy atom. The van der Waals surface area contributed by atoms with Gasteiger partial charge in [0.2, 0.25) is 0 Å². The highest BCUT2D eigenvalue weighted by atomic mass is 127. The Hall–Kier alpha value is -2.01. The number of nitrogens with one attached hydrogen (secondary N) is 1. The van der Waals surface area contributed by atoms with E-state index in [2.05, 4.69) is 15.0 Å². The third kappa shape index (κ3) is 7.61. The van der Waals surface area contributed by atoms with Crippen molar-refractivity contribution in [2.45, 2.75) is 12.5 Å². The SMILES string of the molecule is I.NC(=NCC(O)c1ccc(OC(F)(F)F)cc1)Nc1ccccc1. The monoisotopic (exact) mass is 467 g/mol. The molecule has 0 radical (unpaired) electrons. The summed E-state index contributed by atoms with van der Waals surface area (Å²) >= 11 is 0. The van der Waals surface area contributed by atoms with Gasteiger partial charge in [-0.3, -0.25) is 4.99 Å². The number of aliphatic hydroxyl groups excluding tert-OH is 1. The van der Waals surface area contributed by atoms with Gasteiger partial charge >= 0.3 is 6.36 Å². The Morgan fingerprint density at radius 3 is 2.28 bits per heavy atom. The predicted octanol–water partition coefficient (Wildman–Crippen LogP) is 3.66. The fraction of sp³-hybridized carbons (Fsp3) is 0.188. The number of nitrogens with zero attached hydrogens (tertiary/aromatic N) is 1. The quantitative estimate of drug-likeness (QED) is 0.357. The number of hydrogen-bond acceptors (Lipinski definition) is 3. The third-order valence-corrected chi connectivity index (χ3v) is 2.98. The zero-order valence-corrected chi connectivity index (χ0v) is 15.2. The molecule has 4 N–H and O–H groups in total. The van der Waals surface area contributed by atoms with E-state index in [4.69, 9.17) is 5.73 Å². The van der Waals surface area contributed by atoms with Crippen LogP contribution in [-0.2, 0) is 0 Å². The van der Waals surface area contributed by atoms with E-state index in [1.54, 1.807) is 12.1 Å². The molecular formula is C16H17F3IN3O2. The summed E-state index contributed by atoms with van der Waals surface area (Å²) in [4.78, 5) is 4.00. The lowest BCUT2D eigenvalue weighted by Gasteiger charge is -2.12. The number of alkyl halides is 3. The molecule has 25 heavy (non-hydrogen) atoms. The van der Waals surface area contributed by atoms with Crippen LogP contribution in [0.5, 0.6) is 5.75 Å². The lowest BCUT2D eigenvalue weighted by molar-refractivity contribution is -0.274. The Bertz CT molecular complexity index is 679. The van der Waals surface area contributed by atoms with Crippen LogP contribution in [0, 0.1) is 0 Å². The van der Waals surface area contributed by atoms with Gasteiger partial charge in [0, 0.05) is 5.69 Å². The molecule has 9 heteroatoms. The summed E-state index contributed by atoms with van der Waals surface area (Å²) in [6.07, 6.45) is -5.75. The second-order valence-electron chi connectivity index (χ2n) is 4.85. The van der Waals surface area contributed by atoms with E-state index in [9.17, 15) is 18.3 Å². The topological polar surface area (TPSA) is 79.9 Å². The Morgan fingerprint density at radius 2 is 1.72 bits per heavy atom. The normalized spacial score (nSPS) is 12.9. The second-order valence-corrected chi connectivity index (χ2v) is 4.85. The summed E-state index contributed by atoms with van der Waals surface area (Å²) in [6, 6.07) is 14.0. The van der Waals surface area contributed by atoms with Crippen LogP contribution in [-0.4, -0.2) is 24.0 Å². The molecule has 0 aliphatic carbocycles. The van der Waals surface area contributed by atoms with Gasteiger partial charge in [-0.05, 0) is 29.8 Å². The molecule has 0 bridgehead atoms. The van der Waals surface area contributed by atoms with Gasteiger partial charge in [0.1, 0.15) is 5.75 Å². The molecule has 0 saturated carbocycles. The summed E-state index contributed by atoms with van der Waals surface area (Å²) in [5.74, 6) is -0.232. The van der Waals surface area contributed by atoms with Crippen molar-refractivity contribution in [1.29, 1.82) is 0 Å². The van der Waals surface area contributed by atoms with Gasteiger partial charge in [-0.25, -0.2) is 0 Å². The van der Waals surface area contributed by atoms with E-state index in [1.165, 1.54) is 12.1 Å². The largest absolute Gasteiger partial charge is 0.573 e. The first-order chi connectivity index (χ1) is 11.3. The van der Waals surface area contributed by atoms with Crippen LogP contribution in [0.3, 0.4) is 0 Å². The summed E-state index contributed by atoms with van der Waals surface area (Å²) in [5.41, 5.74) is 6.86. The van der Waals surface area contributed by atoms with E-state index in [0.29, 0.717) is 5.56 Å². The first-order valence-corrected chi connectivity index (χ1v) is 6.99. The van der Waals surface area contributed by atoms with Crippen LogP contribution in [0.15, 0.2) is 59.6 Å². The molecule has 0 aromatic heterocycles. The van der Waals surface area contributed by atoms with E-state index in [1.807, 2.05) is 18.2 Å². The van der Waals surface area contributed by atoms with Crippen LogP contribution in [0.4, 0.5) is 18.9 Å². The number of guanidine groups is 1. The summed E-state index contributed by atoms with van der Waals surface area (Å²) in [7, 11) is 0. The van der Waals surface area contributed by atoms with Crippen molar-refractivity contribution < 1.29 is 23.0 Å². The molecule has 1 atom stereocenters. The van der Waals surface area contributed by atoms with E-state index < -0.39 is 12.5 Å². The average Bonchev–Trinajstić information content (AvgIpc) is 2.53. The van der Waals surface area contributed by atoms with Crippen LogP contribution in [0.1, 0.15) is 11.7 Å². The van der Waals surface area contributed by atoms with Crippen molar-refractivity contribution in [2.24, 2.45) is 10.7 Å². The summed E-state index contributed by atoms with van der Waals surface area (Å²) in [6.45, 7) is -0.0366. The molecule has 1 unspecified atom stereocenters. The maximum atomic E-state index is 12.1. The van der Waals surface area contributed by atoms with Crippen LogP contribution >= 0.6 is 24.0 Å². The van der Waals surface area contributed by atoms with Gasteiger partial charge in [-0.2, -0.15) is 0 Å². The van der Waals surface area contributed by atoms with Gasteiger partial charge < -0.3 is 20.9 Å². The molecule has 0 aliphatic rings. The fourth-order valence-electron chi connectivity index (χ4n) is 1.89. The Labute approximate surface area is 159 Å².